The lowest BCUT2D eigenvalue weighted by molar-refractivity contribution is 0.755. The standard InChI is InChI=1S/C10H10N2O2.C2H6/c1-7-3-4-8-5-9(13)11(2)10(14)12(8)6-7;1-2/h3-6H,1-2H3;1-2H3. The van der Waals surface area contributed by atoms with Crippen molar-refractivity contribution in [3.05, 3.63) is 50.8 Å². The van der Waals surface area contributed by atoms with Gasteiger partial charge in [0, 0.05) is 19.3 Å². The minimum atomic E-state index is -0.309. The molecule has 2 rings (SSSR count). The Labute approximate surface area is 93.8 Å². The monoisotopic (exact) mass is 220 g/mol. The number of hydrogen-bond acceptors (Lipinski definition) is 2. The average molecular weight is 220 g/mol. The zero-order valence-corrected chi connectivity index (χ0v) is 10.0. The van der Waals surface area contributed by atoms with Gasteiger partial charge in [0.1, 0.15) is 0 Å². The highest BCUT2D eigenvalue weighted by Gasteiger charge is 2.01. The first-order chi connectivity index (χ1) is 7.59. The van der Waals surface area contributed by atoms with Gasteiger partial charge in [-0.15, -0.1) is 0 Å². The van der Waals surface area contributed by atoms with Gasteiger partial charge in [-0.05, 0) is 18.6 Å². The minimum Gasteiger partial charge on any atom is -0.269 e. The number of aryl methyl sites for hydroxylation is 1. The van der Waals surface area contributed by atoms with Gasteiger partial charge in [0.15, 0.2) is 0 Å². The van der Waals surface area contributed by atoms with Crippen LogP contribution in [0.5, 0.6) is 0 Å². The van der Waals surface area contributed by atoms with Crippen LogP contribution in [0.25, 0.3) is 5.52 Å². The van der Waals surface area contributed by atoms with E-state index in [1.807, 2.05) is 26.8 Å². The minimum absolute atomic E-state index is 0.279. The van der Waals surface area contributed by atoms with Crippen molar-refractivity contribution >= 4 is 5.52 Å². The van der Waals surface area contributed by atoms with Crippen molar-refractivity contribution in [1.29, 1.82) is 0 Å². The lowest BCUT2D eigenvalue weighted by Gasteiger charge is -2.03. The van der Waals surface area contributed by atoms with Gasteiger partial charge in [0.2, 0.25) is 0 Å². The number of nitrogens with zero attached hydrogens (tertiary/aromatic N) is 2. The van der Waals surface area contributed by atoms with Gasteiger partial charge in [-0.2, -0.15) is 0 Å². The maximum atomic E-state index is 11.6. The molecular formula is C12H16N2O2. The van der Waals surface area contributed by atoms with Crippen LogP contribution in [0.3, 0.4) is 0 Å². The van der Waals surface area contributed by atoms with Crippen LogP contribution < -0.4 is 11.2 Å². The van der Waals surface area contributed by atoms with E-state index in [9.17, 15) is 9.59 Å². The number of aromatic nitrogens is 2. The number of hydrogen-bond donors (Lipinski definition) is 0. The van der Waals surface area contributed by atoms with Crippen LogP contribution in [0.4, 0.5) is 0 Å². The van der Waals surface area contributed by atoms with Gasteiger partial charge in [-0.1, -0.05) is 19.9 Å². The summed E-state index contributed by atoms with van der Waals surface area (Å²) in [7, 11) is 1.47. The van der Waals surface area contributed by atoms with Crippen molar-refractivity contribution in [2.24, 2.45) is 7.05 Å². The third-order valence-corrected chi connectivity index (χ3v) is 2.22. The molecule has 0 aliphatic heterocycles. The van der Waals surface area contributed by atoms with E-state index >= 15 is 0 Å². The van der Waals surface area contributed by atoms with Crippen LogP contribution in [0.2, 0.25) is 0 Å². The fourth-order valence-electron chi connectivity index (χ4n) is 1.38. The molecule has 0 aliphatic carbocycles. The van der Waals surface area contributed by atoms with E-state index in [1.54, 1.807) is 12.3 Å². The van der Waals surface area contributed by atoms with Crippen LogP contribution in [0.15, 0.2) is 34.0 Å². The summed E-state index contributed by atoms with van der Waals surface area (Å²) >= 11 is 0. The Hall–Kier alpha value is -1.84. The number of pyridine rings is 1. The molecule has 86 valence electrons. The van der Waals surface area contributed by atoms with E-state index in [-0.39, 0.29) is 11.2 Å². The topological polar surface area (TPSA) is 43.5 Å². The highest BCUT2D eigenvalue weighted by molar-refractivity contribution is 5.45. The Morgan fingerprint density at radius 3 is 2.38 bits per heavy atom. The average Bonchev–Trinajstić information content (AvgIpc) is 2.30. The summed E-state index contributed by atoms with van der Waals surface area (Å²) in [6.07, 6.45) is 1.72. The SMILES string of the molecule is CC.Cc1ccc2cc(=O)n(C)c(=O)n2c1. The maximum Gasteiger partial charge on any atom is 0.335 e. The van der Waals surface area contributed by atoms with Crippen molar-refractivity contribution in [3.8, 4) is 0 Å². The van der Waals surface area contributed by atoms with Crippen LogP contribution in [-0.2, 0) is 7.05 Å². The van der Waals surface area contributed by atoms with E-state index in [0.29, 0.717) is 5.52 Å². The fraction of sp³-hybridized carbons (Fsp3) is 0.333. The first-order valence-corrected chi connectivity index (χ1v) is 5.28. The zero-order chi connectivity index (χ0) is 12.3. The largest absolute Gasteiger partial charge is 0.335 e. The second kappa shape index (κ2) is 4.79. The molecule has 2 aromatic heterocycles. The molecule has 0 amide bonds. The molecule has 0 radical (unpaired) electrons. The summed E-state index contributed by atoms with van der Waals surface area (Å²) in [4.78, 5) is 22.9. The van der Waals surface area contributed by atoms with Crippen molar-refractivity contribution in [2.75, 3.05) is 0 Å². The van der Waals surface area contributed by atoms with E-state index in [4.69, 9.17) is 0 Å². The Balaban J connectivity index is 0.000000606. The van der Waals surface area contributed by atoms with Crippen LogP contribution in [0, 0.1) is 6.92 Å². The van der Waals surface area contributed by atoms with Gasteiger partial charge in [-0.25, -0.2) is 4.79 Å². The first-order valence-electron chi connectivity index (χ1n) is 5.28. The molecule has 0 bridgehead atoms. The molecule has 4 heteroatoms. The smallest absolute Gasteiger partial charge is 0.269 e. The Bertz CT molecular complexity index is 608. The molecule has 2 heterocycles. The van der Waals surface area contributed by atoms with Crippen molar-refractivity contribution in [1.82, 2.24) is 8.97 Å². The molecule has 0 spiro atoms. The summed E-state index contributed by atoms with van der Waals surface area (Å²) in [5.74, 6) is 0. The molecule has 0 fully saturated rings. The summed E-state index contributed by atoms with van der Waals surface area (Å²) in [5.41, 5.74) is 1.03. The molecule has 0 aromatic carbocycles. The number of fused-ring (bicyclic) bond motifs is 1. The van der Waals surface area contributed by atoms with Crippen molar-refractivity contribution in [2.45, 2.75) is 20.8 Å². The molecule has 0 saturated carbocycles. The predicted molar refractivity (Wildman–Crippen MR) is 65.0 cm³/mol. The van der Waals surface area contributed by atoms with E-state index < -0.39 is 0 Å². The van der Waals surface area contributed by atoms with Crippen LogP contribution in [0.1, 0.15) is 19.4 Å². The lowest BCUT2D eigenvalue weighted by atomic mass is 10.3. The lowest BCUT2D eigenvalue weighted by Crippen LogP contribution is -2.34. The predicted octanol–water partition coefficient (Wildman–Crippen LogP) is 1.33. The zero-order valence-electron chi connectivity index (χ0n) is 10.0. The quantitative estimate of drug-likeness (QED) is 0.672. The molecule has 4 nitrogen and oxygen atoms in total. The molecule has 0 unspecified atom stereocenters. The van der Waals surface area contributed by atoms with Gasteiger partial charge < -0.3 is 0 Å². The Kier molecular flexibility index (Phi) is 3.66. The Morgan fingerprint density at radius 2 is 1.75 bits per heavy atom. The van der Waals surface area contributed by atoms with Crippen molar-refractivity contribution in [3.63, 3.8) is 0 Å². The summed E-state index contributed by atoms with van der Waals surface area (Å²) < 4.78 is 2.56. The molecule has 2 aromatic rings. The molecule has 0 saturated heterocycles. The Morgan fingerprint density at radius 1 is 1.12 bits per heavy atom. The molecule has 0 atom stereocenters. The van der Waals surface area contributed by atoms with Gasteiger partial charge >= 0.3 is 5.69 Å². The highest BCUT2D eigenvalue weighted by Crippen LogP contribution is 2.00. The molecule has 0 N–H and O–H groups in total. The normalized spacial score (nSPS) is 9.75. The molecule has 16 heavy (non-hydrogen) atoms. The van der Waals surface area contributed by atoms with Crippen LogP contribution in [-0.4, -0.2) is 8.97 Å². The van der Waals surface area contributed by atoms with E-state index in [0.717, 1.165) is 10.1 Å². The number of rotatable bonds is 0. The van der Waals surface area contributed by atoms with Gasteiger partial charge in [0.25, 0.3) is 5.56 Å². The highest BCUT2D eigenvalue weighted by atomic mass is 16.2. The third-order valence-electron chi connectivity index (χ3n) is 2.22. The summed E-state index contributed by atoms with van der Waals surface area (Å²) in [6.45, 7) is 5.90. The molecular weight excluding hydrogens is 204 g/mol. The second-order valence-corrected chi connectivity index (χ2v) is 3.33. The van der Waals surface area contributed by atoms with Gasteiger partial charge in [-0.3, -0.25) is 13.8 Å². The maximum absolute atomic E-state index is 11.6. The van der Waals surface area contributed by atoms with E-state index in [1.165, 1.54) is 17.5 Å². The second-order valence-electron chi connectivity index (χ2n) is 3.33. The first kappa shape index (κ1) is 12.2. The summed E-state index contributed by atoms with van der Waals surface area (Å²) in [6, 6.07) is 5.08. The fourth-order valence-corrected chi connectivity index (χ4v) is 1.38. The molecule has 0 aliphatic rings. The van der Waals surface area contributed by atoms with Crippen LogP contribution >= 0.6 is 0 Å². The van der Waals surface area contributed by atoms with Gasteiger partial charge in [0.05, 0.1) is 5.52 Å². The van der Waals surface area contributed by atoms with E-state index in [2.05, 4.69) is 0 Å². The van der Waals surface area contributed by atoms with Crippen molar-refractivity contribution < 1.29 is 0 Å². The third kappa shape index (κ3) is 2.05. The summed E-state index contributed by atoms with van der Waals surface area (Å²) in [5, 5.41) is 0.